The third kappa shape index (κ3) is 3.96. The van der Waals surface area contributed by atoms with Gasteiger partial charge in [0.2, 0.25) is 0 Å². The summed E-state index contributed by atoms with van der Waals surface area (Å²) in [7, 11) is 1.74. The molecule has 1 saturated carbocycles. The van der Waals surface area contributed by atoms with E-state index in [-0.39, 0.29) is 18.8 Å². The molecule has 2 fully saturated rings. The van der Waals surface area contributed by atoms with Crippen LogP contribution in [-0.2, 0) is 11.3 Å². The summed E-state index contributed by atoms with van der Waals surface area (Å²) >= 11 is 0. The van der Waals surface area contributed by atoms with E-state index in [4.69, 9.17) is 9.47 Å². The molecule has 1 N–H and O–H groups in total. The lowest BCUT2D eigenvalue weighted by Gasteiger charge is -2.22. The molecule has 0 radical (unpaired) electrons. The Morgan fingerprint density at radius 3 is 2.62 bits per heavy atom. The molecule has 0 amide bonds. The highest BCUT2D eigenvalue weighted by Crippen LogP contribution is 2.29. The zero-order chi connectivity index (χ0) is 14.7. The molecule has 3 rings (SSSR count). The molecule has 0 bridgehead atoms. The first kappa shape index (κ1) is 14.8. The average molecular weight is 291 g/mol. The summed E-state index contributed by atoms with van der Waals surface area (Å²) in [6.45, 7) is 2.80. The van der Waals surface area contributed by atoms with Crippen LogP contribution >= 0.6 is 0 Å². The van der Waals surface area contributed by atoms with Gasteiger partial charge in [-0.15, -0.1) is 0 Å². The molecular formula is C17H25NO3. The van der Waals surface area contributed by atoms with Crippen molar-refractivity contribution < 1.29 is 14.6 Å². The molecule has 1 saturated heterocycles. The van der Waals surface area contributed by atoms with Crippen molar-refractivity contribution in [3.05, 3.63) is 29.8 Å². The maximum absolute atomic E-state index is 9.48. The van der Waals surface area contributed by atoms with Gasteiger partial charge in [-0.25, -0.2) is 0 Å². The third-order valence-corrected chi connectivity index (χ3v) is 4.53. The second kappa shape index (κ2) is 6.77. The quantitative estimate of drug-likeness (QED) is 0.835. The van der Waals surface area contributed by atoms with Crippen LogP contribution in [0.2, 0.25) is 0 Å². The van der Waals surface area contributed by atoms with E-state index in [1.807, 2.05) is 0 Å². The van der Waals surface area contributed by atoms with Crippen LogP contribution in [0.5, 0.6) is 5.75 Å². The zero-order valence-electron chi connectivity index (χ0n) is 12.7. The Morgan fingerprint density at radius 1 is 1.24 bits per heavy atom. The predicted octanol–water partition coefficient (Wildman–Crippen LogP) is 2.06. The van der Waals surface area contributed by atoms with Gasteiger partial charge >= 0.3 is 0 Å². The van der Waals surface area contributed by atoms with Gasteiger partial charge in [-0.3, -0.25) is 4.90 Å². The maximum atomic E-state index is 9.48. The molecule has 1 aliphatic heterocycles. The summed E-state index contributed by atoms with van der Waals surface area (Å²) in [6.07, 6.45) is 3.78. The molecule has 2 atom stereocenters. The van der Waals surface area contributed by atoms with E-state index in [1.54, 1.807) is 7.11 Å². The van der Waals surface area contributed by atoms with Crippen LogP contribution < -0.4 is 4.74 Å². The molecule has 0 spiro atoms. The number of hydrogen-bond donors (Lipinski definition) is 1. The van der Waals surface area contributed by atoms with E-state index in [2.05, 4.69) is 29.2 Å². The van der Waals surface area contributed by atoms with Crippen LogP contribution in [0.4, 0.5) is 0 Å². The molecule has 2 aliphatic rings. The Bertz CT molecular complexity index is 444. The lowest BCUT2D eigenvalue weighted by Crippen LogP contribution is -2.31. The number of benzene rings is 1. The standard InChI is InChI=1S/C17H25NO3/c1-20-17-8-15(11-19)18(10-17)9-13-4-6-16(7-5-13)21-12-14-2-3-14/h4-7,14-15,17,19H,2-3,8-12H2,1H3/t15-,17+/m0/s1. The maximum Gasteiger partial charge on any atom is 0.119 e. The summed E-state index contributed by atoms with van der Waals surface area (Å²) in [6, 6.07) is 8.55. The summed E-state index contributed by atoms with van der Waals surface area (Å²) in [5.41, 5.74) is 1.25. The van der Waals surface area contributed by atoms with Crippen molar-refractivity contribution in [2.45, 2.75) is 38.0 Å². The Kier molecular flexibility index (Phi) is 4.78. The highest BCUT2D eigenvalue weighted by atomic mass is 16.5. The van der Waals surface area contributed by atoms with E-state index in [0.717, 1.165) is 37.8 Å². The fraction of sp³-hybridized carbons (Fsp3) is 0.647. The van der Waals surface area contributed by atoms with Crippen molar-refractivity contribution in [2.24, 2.45) is 5.92 Å². The molecule has 1 aliphatic carbocycles. The molecule has 4 heteroatoms. The molecule has 0 aromatic heterocycles. The summed E-state index contributed by atoms with van der Waals surface area (Å²) < 4.78 is 11.2. The van der Waals surface area contributed by atoms with Crippen molar-refractivity contribution in [3.63, 3.8) is 0 Å². The number of methoxy groups -OCH3 is 1. The van der Waals surface area contributed by atoms with Crippen LogP contribution in [-0.4, -0.2) is 49.0 Å². The average Bonchev–Trinajstić information content (AvgIpc) is 3.26. The van der Waals surface area contributed by atoms with Crippen LogP contribution in [0, 0.1) is 5.92 Å². The minimum absolute atomic E-state index is 0.197. The molecule has 1 aromatic rings. The molecule has 4 nitrogen and oxygen atoms in total. The van der Waals surface area contributed by atoms with Crippen LogP contribution in [0.25, 0.3) is 0 Å². The van der Waals surface area contributed by atoms with Crippen LogP contribution in [0.1, 0.15) is 24.8 Å². The molecule has 1 heterocycles. The van der Waals surface area contributed by atoms with Crippen molar-refractivity contribution in [2.75, 3.05) is 26.9 Å². The summed E-state index contributed by atoms with van der Waals surface area (Å²) in [5, 5.41) is 9.48. The lowest BCUT2D eigenvalue weighted by molar-refractivity contribution is 0.107. The smallest absolute Gasteiger partial charge is 0.119 e. The van der Waals surface area contributed by atoms with Gasteiger partial charge < -0.3 is 14.6 Å². The van der Waals surface area contributed by atoms with Crippen molar-refractivity contribution in [1.82, 2.24) is 4.90 Å². The number of nitrogens with zero attached hydrogens (tertiary/aromatic N) is 1. The van der Waals surface area contributed by atoms with Crippen molar-refractivity contribution in [3.8, 4) is 5.75 Å². The normalized spacial score (nSPS) is 26.2. The van der Waals surface area contributed by atoms with E-state index >= 15 is 0 Å². The minimum atomic E-state index is 0.197. The predicted molar refractivity (Wildman–Crippen MR) is 81.4 cm³/mol. The van der Waals surface area contributed by atoms with Crippen molar-refractivity contribution in [1.29, 1.82) is 0 Å². The summed E-state index contributed by atoms with van der Waals surface area (Å²) in [5.74, 6) is 1.74. The summed E-state index contributed by atoms with van der Waals surface area (Å²) in [4.78, 5) is 2.30. The van der Waals surface area contributed by atoms with Crippen LogP contribution in [0.15, 0.2) is 24.3 Å². The second-order valence-corrected chi connectivity index (χ2v) is 6.26. The Hall–Kier alpha value is -1.10. The number of rotatable bonds is 7. The van der Waals surface area contributed by atoms with Gasteiger partial charge in [-0.1, -0.05) is 12.1 Å². The topological polar surface area (TPSA) is 41.9 Å². The second-order valence-electron chi connectivity index (χ2n) is 6.26. The number of likely N-dealkylation sites (tertiary alicyclic amines) is 1. The largest absolute Gasteiger partial charge is 0.493 e. The first-order valence-electron chi connectivity index (χ1n) is 7.88. The van der Waals surface area contributed by atoms with E-state index < -0.39 is 0 Å². The van der Waals surface area contributed by atoms with Crippen LogP contribution in [0.3, 0.4) is 0 Å². The molecule has 21 heavy (non-hydrogen) atoms. The minimum Gasteiger partial charge on any atom is -0.493 e. The fourth-order valence-electron chi connectivity index (χ4n) is 2.92. The molecular weight excluding hydrogens is 266 g/mol. The SMILES string of the molecule is CO[C@@H]1C[C@@H](CO)N(Cc2ccc(OCC3CC3)cc2)C1. The number of aliphatic hydroxyl groups is 1. The Balaban J connectivity index is 1.53. The number of ether oxygens (including phenoxy) is 2. The Labute approximate surface area is 126 Å². The van der Waals surface area contributed by atoms with Gasteiger partial charge in [0.15, 0.2) is 0 Å². The van der Waals surface area contributed by atoms with Gasteiger partial charge in [0, 0.05) is 26.2 Å². The number of hydrogen-bond acceptors (Lipinski definition) is 4. The molecule has 116 valence electrons. The van der Waals surface area contributed by atoms with Gasteiger partial charge in [-0.2, -0.15) is 0 Å². The third-order valence-electron chi connectivity index (χ3n) is 4.53. The van der Waals surface area contributed by atoms with Gasteiger partial charge in [0.1, 0.15) is 5.75 Å². The van der Waals surface area contributed by atoms with Gasteiger partial charge in [0.25, 0.3) is 0 Å². The monoisotopic (exact) mass is 291 g/mol. The van der Waals surface area contributed by atoms with E-state index in [1.165, 1.54) is 18.4 Å². The zero-order valence-corrected chi connectivity index (χ0v) is 12.7. The van der Waals surface area contributed by atoms with Gasteiger partial charge in [0.05, 0.1) is 19.3 Å². The lowest BCUT2D eigenvalue weighted by atomic mass is 10.2. The van der Waals surface area contributed by atoms with Crippen molar-refractivity contribution >= 4 is 0 Å². The van der Waals surface area contributed by atoms with Gasteiger partial charge in [-0.05, 0) is 42.9 Å². The molecule has 1 aromatic carbocycles. The number of aliphatic hydroxyl groups excluding tert-OH is 1. The first-order valence-corrected chi connectivity index (χ1v) is 7.88. The van der Waals surface area contributed by atoms with E-state index in [9.17, 15) is 5.11 Å². The van der Waals surface area contributed by atoms with E-state index in [0.29, 0.717) is 0 Å². The Morgan fingerprint density at radius 2 is 2.00 bits per heavy atom. The first-order chi connectivity index (χ1) is 10.3. The highest BCUT2D eigenvalue weighted by Gasteiger charge is 2.31. The fourth-order valence-corrected chi connectivity index (χ4v) is 2.92. The highest BCUT2D eigenvalue weighted by molar-refractivity contribution is 5.27. The molecule has 0 unspecified atom stereocenters.